The van der Waals surface area contributed by atoms with Gasteiger partial charge in [0, 0.05) is 6.42 Å². The van der Waals surface area contributed by atoms with Gasteiger partial charge < -0.3 is 5.11 Å². The maximum atomic E-state index is 11.7. The van der Waals surface area contributed by atoms with Gasteiger partial charge in [0.2, 0.25) is 0 Å². The quantitative estimate of drug-likeness (QED) is 0.731. The van der Waals surface area contributed by atoms with Crippen LogP contribution in [-0.4, -0.2) is 17.0 Å². The van der Waals surface area contributed by atoms with Crippen LogP contribution in [0.25, 0.3) is 0 Å². The van der Waals surface area contributed by atoms with E-state index in [1.54, 1.807) is 0 Å². The van der Waals surface area contributed by atoms with Crippen molar-refractivity contribution in [3.05, 3.63) is 35.9 Å². The summed E-state index contributed by atoms with van der Waals surface area (Å²) in [7, 11) is 0. The fourth-order valence-electron chi connectivity index (χ4n) is 2.14. The molecule has 2 rings (SSSR count). The van der Waals surface area contributed by atoms with Gasteiger partial charge in [-0.15, -0.1) is 0 Å². The van der Waals surface area contributed by atoms with Crippen LogP contribution in [0.1, 0.15) is 25.3 Å². The topological polar surface area (TPSA) is 37.3 Å². The fraction of sp³-hybridized carbons (Fsp3) is 0.417. The Hall–Kier alpha value is -1.15. The summed E-state index contributed by atoms with van der Waals surface area (Å²) >= 11 is 0. The van der Waals surface area contributed by atoms with Gasteiger partial charge in [0.05, 0.1) is 11.5 Å². The molecule has 1 aliphatic carbocycles. The molecule has 1 N–H and O–H groups in total. The van der Waals surface area contributed by atoms with Crippen LogP contribution in [0.4, 0.5) is 0 Å². The normalized spacial score (nSPS) is 32.1. The number of ketones is 1. The number of Topliss-reactive ketones (excluding diaryl/α,β-unsaturated/α-hetero) is 1. The first kappa shape index (κ1) is 9.41. The highest BCUT2D eigenvalue weighted by Crippen LogP contribution is 2.37. The summed E-state index contributed by atoms with van der Waals surface area (Å²) in [4.78, 5) is 11.7. The number of rotatable bonds is 1. The van der Waals surface area contributed by atoms with Crippen molar-refractivity contribution >= 4 is 5.78 Å². The molecule has 0 radical (unpaired) electrons. The first-order chi connectivity index (χ1) is 6.65. The highest BCUT2D eigenvalue weighted by Gasteiger charge is 2.46. The molecule has 1 aliphatic rings. The van der Waals surface area contributed by atoms with E-state index in [1.807, 2.05) is 37.3 Å². The van der Waals surface area contributed by atoms with Crippen molar-refractivity contribution in [3.63, 3.8) is 0 Å². The summed E-state index contributed by atoms with van der Waals surface area (Å²) in [6.07, 6.45) is 0.550. The largest absolute Gasteiger partial charge is 0.392 e. The van der Waals surface area contributed by atoms with E-state index in [4.69, 9.17) is 0 Å². The Labute approximate surface area is 83.6 Å². The van der Waals surface area contributed by atoms with E-state index in [2.05, 4.69) is 0 Å². The molecule has 2 atom stereocenters. The Morgan fingerprint density at radius 3 is 2.50 bits per heavy atom. The maximum absolute atomic E-state index is 11.7. The van der Waals surface area contributed by atoms with Crippen molar-refractivity contribution in [1.82, 2.24) is 0 Å². The third kappa shape index (κ3) is 1.18. The molecular weight excluding hydrogens is 176 g/mol. The molecule has 14 heavy (non-hydrogen) atoms. The highest BCUT2D eigenvalue weighted by atomic mass is 16.3. The van der Waals surface area contributed by atoms with E-state index >= 15 is 0 Å². The van der Waals surface area contributed by atoms with Gasteiger partial charge in [-0.3, -0.25) is 4.79 Å². The van der Waals surface area contributed by atoms with E-state index in [0.29, 0.717) is 12.8 Å². The van der Waals surface area contributed by atoms with Crippen LogP contribution in [0.3, 0.4) is 0 Å². The second kappa shape index (κ2) is 3.21. The summed E-state index contributed by atoms with van der Waals surface area (Å²) in [6.45, 7) is 1.84. The van der Waals surface area contributed by atoms with E-state index in [0.717, 1.165) is 5.56 Å². The third-order valence-corrected chi connectivity index (χ3v) is 3.26. The van der Waals surface area contributed by atoms with Crippen LogP contribution in [0, 0.1) is 0 Å². The average Bonchev–Trinajstić information content (AvgIpc) is 2.49. The van der Waals surface area contributed by atoms with E-state index < -0.39 is 11.5 Å². The summed E-state index contributed by atoms with van der Waals surface area (Å²) in [5.74, 6) is 0.149. The van der Waals surface area contributed by atoms with Crippen molar-refractivity contribution in [3.8, 4) is 0 Å². The van der Waals surface area contributed by atoms with Gasteiger partial charge in [0.25, 0.3) is 0 Å². The molecule has 0 spiro atoms. The molecule has 0 heterocycles. The molecule has 1 aromatic carbocycles. The lowest BCUT2D eigenvalue weighted by molar-refractivity contribution is -0.123. The Morgan fingerprint density at radius 1 is 1.36 bits per heavy atom. The van der Waals surface area contributed by atoms with Crippen LogP contribution in [0.5, 0.6) is 0 Å². The molecule has 1 aromatic rings. The van der Waals surface area contributed by atoms with Gasteiger partial charge in [-0.2, -0.15) is 0 Å². The molecule has 74 valence electrons. The summed E-state index contributed by atoms with van der Waals surface area (Å²) < 4.78 is 0. The number of hydrogen-bond donors (Lipinski definition) is 1. The number of benzene rings is 1. The Kier molecular flexibility index (Phi) is 2.16. The number of carbonyl (C=O) groups is 1. The molecule has 0 aromatic heterocycles. The van der Waals surface area contributed by atoms with E-state index in [1.165, 1.54) is 0 Å². The fourth-order valence-corrected chi connectivity index (χ4v) is 2.14. The molecule has 1 fully saturated rings. The van der Waals surface area contributed by atoms with Crippen LogP contribution < -0.4 is 0 Å². The Morgan fingerprint density at radius 2 is 2.00 bits per heavy atom. The number of aliphatic hydroxyl groups is 1. The second-order valence-corrected chi connectivity index (χ2v) is 4.05. The zero-order chi connectivity index (χ0) is 10.2. The van der Waals surface area contributed by atoms with Crippen LogP contribution in [-0.2, 0) is 10.2 Å². The lowest BCUT2D eigenvalue weighted by atomic mass is 9.78. The molecule has 2 nitrogen and oxygen atoms in total. The van der Waals surface area contributed by atoms with Crippen molar-refractivity contribution in [1.29, 1.82) is 0 Å². The van der Waals surface area contributed by atoms with Gasteiger partial charge in [0.1, 0.15) is 5.78 Å². The van der Waals surface area contributed by atoms with Gasteiger partial charge in [-0.05, 0) is 18.9 Å². The first-order valence-electron chi connectivity index (χ1n) is 4.92. The zero-order valence-electron chi connectivity index (χ0n) is 8.23. The van der Waals surface area contributed by atoms with E-state index in [-0.39, 0.29) is 5.78 Å². The molecule has 0 aliphatic heterocycles. The van der Waals surface area contributed by atoms with Crippen LogP contribution in [0.2, 0.25) is 0 Å². The smallest absolute Gasteiger partial charge is 0.145 e. The predicted octanol–water partition coefficient (Wildman–Crippen LogP) is 1.67. The third-order valence-electron chi connectivity index (χ3n) is 3.26. The maximum Gasteiger partial charge on any atom is 0.145 e. The SMILES string of the molecule is C[C@@]1(c2ccccc2)C(=O)CC[C@@H]1O. The lowest BCUT2D eigenvalue weighted by Crippen LogP contribution is -2.37. The molecule has 0 saturated heterocycles. The van der Waals surface area contributed by atoms with Gasteiger partial charge in [-0.25, -0.2) is 0 Å². The van der Waals surface area contributed by atoms with Gasteiger partial charge in [-0.1, -0.05) is 30.3 Å². The van der Waals surface area contributed by atoms with Gasteiger partial charge >= 0.3 is 0 Å². The second-order valence-electron chi connectivity index (χ2n) is 4.05. The summed E-state index contributed by atoms with van der Waals surface area (Å²) in [5.41, 5.74) is 0.247. The molecule has 0 unspecified atom stereocenters. The van der Waals surface area contributed by atoms with Crippen LogP contribution in [0.15, 0.2) is 30.3 Å². The minimum Gasteiger partial charge on any atom is -0.392 e. The molecular formula is C12H14O2. The average molecular weight is 190 g/mol. The predicted molar refractivity (Wildman–Crippen MR) is 54.0 cm³/mol. The summed E-state index contributed by atoms with van der Waals surface area (Å²) in [6, 6.07) is 9.54. The minimum absolute atomic E-state index is 0.149. The van der Waals surface area contributed by atoms with Gasteiger partial charge in [0.15, 0.2) is 0 Å². The summed E-state index contributed by atoms with van der Waals surface area (Å²) in [5, 5.41) is 9.85. The number of carbonyl (C=O) groups excluding carboxylic acids is 1. The Balaban J connectivity index is 2.46. The highest BCUT2D eigenvalue weighted by molar-refractivity contribution is 5.92. The monoisotopic (exact) mass is 190 g/mol. The van der Waals surface area contributed by atoms with Crippen LogP contribution >= 0.6 is 0 Å². The molecule has 2 heteroatoms. The van der Waals surface area contributed by atoms with E-state index in [9.17, 15) is 9.90 Å². The van der Waals surface area contributed by atoms with Crippen molar-refractivity contribution in [2.45, 2.75) is 31.3 Å². The zero-order valence-corrected chi connectivity index (χ0v) is 8.23. The number of aliphatic hydroxyl groups excluding tert-OH is 1. The molecule has 0 bridgehead atoms. The standard InChI is InChI=1S/C12H14O2/c1-12(9-5-3-2-4-6-9)10(13)7-8-11(12)14/h2-6,10,13H,7-8H2,1H3/t10-,12-/m0/s1. The van der Waals surface area contributed by atoms with Crippen molar-refractivity contribution in [2.24, 2.45) is 0 Å². The van der Waals surface area contributed by atoms with Crippen molar-refractivity contribution in [2.75, 3.05) is 0 Å². The number of hydrogen-bond acceptors (Lipinski definition) is 2. The Bertz CT molecular complexity index is 345. The minimum atomic E-state index is -0.679. The first-order valence-corrected chi connectivity index (χ1v) is 4.92. The molecule has 0 amide bonds. The van der Waals surface area contributed by atoms with Crippen molar-refractivity contribution < 1.29 is 9.90 Å². The lowest BCUT2D eigenvalue weighted by Gasteiger charge is -2.26. The molecule has 1 saturated carbocycles.